The number of nitrogens with zero attached hydrogens (tertiary/aromatic N) is 4. The number of benzene rings is 1. The van der Waals surface area contributed by atoms with E-state index in [9.17, 15) is 10.1 Å². The Morgan fingerprint density at radius 2 is 2.14 bits per heavy atom. The highest BCUT2D eigenvalue weighted by atomic mass is 35.5. The van der Waals surface area contributed by atoms with E-state index in [1.54, 1.807) is 0 Å². The quantitative estimate of drug-likeness (QED) is 0.289. The zero-order valence-electron chi connectivity index (χ0n) is 10.3. The van der Waals surface area contributed by atoms with Crippen LogP contribution in [0.2, 0.25) is 5.02 Å². The Hall–Kier alpha value is -2.94. The van der Waals surface area contributed by atoms with Crippen LogP contribution in [-0.4, -0.2) is 25.9 Å². The summed E-state index contributed by atoms with van der Waals surface area (Å²) >= 11 is 5.71. The third-order valence-corrected chi connectivity index (χ3v) is 2.57. The number of nitro benzene ring substituents is 1. The molecule has 2 rings (SSSR count). The van der Waals surface area contributed by atoms with Gasteiger partial charge in [0.15, 0.2) is 11.5 Å². The number of halogens is 1. The molecule has 0 saturated heterocycles. The van der Waals surface area contributed by atoms with Gasteiger partial charge in [-0.15, -0.1) is 0 Å². The minimum Gasteiger partial charge on any atom is -0.430 e. The van der Waals surface area contributed by atoms with Gasteiger partial charge in [-0.2, -0.15) is 0 Å². The number of ether oxygens (including phenoxy) is 1. The third kappa shape index (κ3) is 3.15. The van der Waals surface area contributed by atoms with Crippen molar-refractivity contribution in [1.82, 2.24) is 9.97 Å². The fraction of sp³-hybridized carbons (Fsp3) is 0. The largest absolute Gasteiger partial charge is 0.430 e. The molecule has 0 fully saturated rings. The molecule has 0 atom stereocenters. The molecule has 1 aromatic heterocycles. The summed E-state index contributed by atoms with van der Waals surface area (Å²) in [4.78, 5) is 18.0. The molecule has 0 bridgehead atoms. The average molecular weight is 310 g/mol. The number of hydrogen-bond donors (Lipinski definition) is 2. The van der Waals surface area contributed by atoms with Crippen LogP contribution in [-0.2, 0) is 0 Å². The SMILES string of the molecule is NC(=NO)c1nccnc1Oc1ccc(Cl)cc1[N+](=O)[O-]. The standard InChI is InChI=1S/C11H8ClN5O4/c12-6-1-2-8(7(5-6)17(19)20)21-11-9(10(13)16-18)14-3-4-15-11/h1-5,18H,(H2,13,16). The van der Waals surface area contributed by atoms with E-state index in [1.807, 2.05) is 0 Å². The van der Waals surface area contributed by atoms with Crippen LogP contribution in [0.25, 0.3) is 0 Å². The normalized spacial score (nSPS) is 11.2. The Balaban J connectivity index is 2.46. The molecule has 3 N–H and O–H groups in total. The second-order valence-electron chi connectivity index (χ2n) is 3.67. The van der Waals surface area contributed by atoms with Crippen LogP contribution < -0.4 is 10.5 Å². The van der Waals surface area contributed by atoms with Gasteiger partial charge >= 0.3 is 5.69 Å². The van der Waals surface area contributed by atoms with Crippen molar-refractivity contribution in [2.45, 2.75) is 0 Å². The number of nitrogens with two attached hydrogens (primary N) is 1. The Morgan fingerprint density at radius 1 is 1.43 bits per heavy atom. The maximum Gasteiger partial charge on any atom is 0.313 e. The van der Waals surface area contributed by atoms with Crippen LogP contribution in [0.15, 0.2) is 35.7 Å². The van der Waals surface area contributed by atoms with Crippen LogP contribution in [0.1, 0.15) is 5.69 Å². The Bertz CT molecular complexity index is 722. The van der Waals surface area contributed by atoms with Crippen LogP contribution in [0, 0.1) is 10.1 Å². The van der Waals surface area contributed by atoms with Gasteiger partial charge in [-0.3, -0.25) is 10.1 Å². The summed E-state index contributed by atoms with van der Waals surface area (Å²) in [5.74, 6) is -0.579. The van der Waals surface area contributed by atoms with E-state index in [-0.39, 0.29) is 33.9 Å². The van der Waals surface area contributed by atoms with Crippen molar-refractivity contribution < 1.29 is 14.9 Å². The predicted octanol–water partition coefficient (Wildman–Crippen LogP) is 1.92. The van der Waals surface area contributed by atoms with Crippen molar-refractivity contribution in [3.63, 3.8) is 0 Å². The molecule has 0 amide bonds. The molecule has 0 aliphatic carbocycles. The zero-order valence-corrected chi connectivity index (χ0v) is 11.1. The molecule has 0 saturated carbocycles. The van der Waals surface area contributed by atoms with Gasteiger partial charge in [0.1, 0.15) is 0 Å². The lowest BCUT2D eigenvalue weighted by molar-refractivity contribution is -0.385. The summed E-state index contributed by atoms with van der Waals surface area (Å²) in [7, 11) is 0. The van der Waals surface area contributed by atoms with Gasteiger partial charge in [0.25, 0.3) is 0 Å². The highest BCUT2D eigenvalue weighted by Gasteiger charge is 2.20. The molecule has 1 aromatic carbocycles. The van der Waals surface area contributed by atoms with Crippen LogP contribution >= 0.6 is 11.6 Å². The van der Waals surface area contributed by atoms with Crippen molar-refractivity contribution in [2.75, 3.05) is 0 Å². The first kappa shape index (κ1) is 14.5. The first-order valence-corrected chi connectivity index (χ1v) is 5.81. The van der Waals surface area contributed by atoms with E-state index in [0.29, 0.717) is 0 Å². The van der Waals surface area contributed by atoms with E-state index in [2.05, 4.69) is 15.1 Å². The number of amidine groups is 1. The molecule has 0 unspecified atom stereocenters. The summed E-state index contributed by atoms with van der Waals surface area (Å²) in [6.07, 6.45) is 2.60. The second-order valence-corrected chi connectivity index (χ2v) is 4.10. The topological polar surface area (TPSA) is 137 Å². The van der Waals surface area contributed by atoms with Crippen molar-refractivity contribution in [3.8, 4) is 11.6 Å². The maximum absolute atomic E-state index is 11.0. The van der Waals surface area contributed by atoms with E-state index in [1.165, 1.54) is 24.5 Å². The molecule has 0 aliphatic rings. The molecule has 10 heteroatoms. The molecule has 0 radical (unpaired) electrons. The van der Waals surface area contributed by atoms with Gasteiger partial charge in [-0.25, -0.2) is 9.97 Å². The highest BCUT2D eigenvalue weighted by Crippen LogP contribution is 2.33. The Labute approximate surface area is 122 Å². The summed E-state index contributed by atoms with van der Waals surface area (Å²) in [5, 5.41) is 22.6. The minimum absolute atomic E-state index is 0.0516. The molecular formula is C11H8ClN5O4. The maximum atomic E-state index is 11.0. The van der Waals surface area contributed by atoms with Crippen molar-refractivity contribution >= 4 is 23.1 Å². The fourth-order valence-electron chi connectivity index (χ4n) is 1.45. The molecule has 9 nitrogen and oxygen atoms in total. The van der Waals surface area contributed by atoms with Crippen molar-refractivity contribution in [2.24, 2.45) is 10.9 Å². The summed E-state index contributed by atoms with van der Waals surface area (Å²) in [6.45, 7) is 0. The first-order chi connectivity index (χ1) is 10.0. The number of nitro groups is 1. The molecule has 1 heterocycles. The lowest BCUT2D eigenvalue weighted by Gasteiger charge is -2.08. The smallest absolute Gasteiger partial charge is 0.313 e. The Morgan fingerprint density at radius 3 is 2.81 bits per heavy atom. The molecule has 108 valence electrons. The molecular weight excluding hydrogens is 302 g/mol. The van der Waals surface area contributed by atoms with Gasteiger partial charge in [0.05, 0.1) is 4.92 Å². The van der Waals surface area contributed by atoms with E-state index in [0.717, 1.165) is 6.07 Å². The Kier molecular flexibility index (Phi) is 4.14. The van der Waals surface area contributed by atoms with Crippen LogP contribution in [0.4, 0.5) is 5.69 Å². The van der Waals surface area contributed by atoms with E-state index < -0.39 is 4.92 Å². The molecule has 0 spiro atoms. The lowest BCUT2D eigenvalue weighted by atomic mass is 10.3. The predicted molar refractivity (Wildman–Crippen MR) is 72.7 cm³/mol. The van der Waals surface area contributed by atoms with Gasteiger partial charge in [0, 0.05) is 23.5 Å². The van der Waals surface area contributed by atoms with Crippen molar-refractivity contribution in [3.05, 3.63) is 51.4 Å². The average Bonchev–Trinajstić information content (AvgIpc) is 2.48. The fourth-order valence-corrected chi connectivity index (χ4v) is 1.61. The van der Waals surface area contributed by atoms with Gasteiger partial charge in [0.2, 0.25) is 11.6 Å². The number of hydrogen-bond acceptors (Lipinski definition) is 7. The second kappa shape index (κ2) is 6.01. The first-order valence-electron chi connectivity index (χ1n) is 5.43. The number of oxime groups is 1. The number of rotatable bonds is 4. The van der Waals surface area contributed by atoms with Gasteiger partial charge < -0.3 is 15.7 Å². The minimum atomic E-state index is -0.652. The number of aromatic nitrogens is 2. The summed E-state index contributed by atoms with van der Waals surface area (Å²) in [5.41, 5.74) is 5.03. The molecule has 0 aliphatic heterocycles. The lowest BCUT2D eigenvalue weighted by Crippen LogP contribution is -2.16. The highest BCUT2D eigenvalue weighted by molar-refractivity contribution is 6.30. The van der Waals surface area contributed by atoms with Crippen LogP contribution in [0.5, 0.6) is 11.6 Å². The van der Waals surface area contributed by atoms with Gasteiger partial charge in [-0.1, -0.05) is 16.8 Å². The van der Waals surface area contributed by atoms with Crippen molar-refractivity contribution in [1.29, 1.82) is 0 Å². The zero-order chi connectivity index (χ0) is 15.4. The van der Waals surface area contributed by atoms with E-state index in [4.69, 9.17) is 27.3 Å². The summed E-state index contributed by atoms with van der Waals surface area (Å²) < 4.78 is 5.33. The van der Waals surface area contributed by atoms with Crippen LogP contribution in [0.3, 0.4) is 0 Å². The van der Waals surface area contributed by atoms with Gasteiger partial charge in [-0.05, 0) is 12.1 Å². The third-order valence-electron chi connectivity index (χ3n) is 2.34. The molecule has 21 heavy (non-hydrogen) atoms. The van der Waals surface area contributed by atoms with E-state index >= 15 is 0 Å². The molecule has 2 aromatic rings. The summed E-state index contributed by atoms with van der Waals surface area (Å²) in [6, 6.07) is 3.87. The monoisotopic (exact) mass is 309 g/mol.